The maximum absolute atomic E-state index is 6.24. The van der Waals surface area contributed by atoms with Crippen LogP contribution in [0.15, 0.2) is 24.7 Å². The predicted molar refractivity (Wildman–Crippen MR) is 91.6 cm³/mol. The molecule has 2 saturated heterocycles. The van der Waals surface area contributed by atoms with Crippen molar-refractivity contribution >= 4 is 5.69 Å². The third-order valence-corrected chi connectivity index (χ3v) is 5.21. The third kappa shape index (κ3) is 3.32. The first-order valence-corrected chi connectivity index (χ1v) is 8.70. The molecule has 2 aromatic heterocycles. The highest BCUT2D eigenvalue weighted by molar-refractivity contribution is 5.39. The number of aromatic nitrogens is 4. The maximum atomic E-state index is 6.24. The number of anilines is 1. The molecular weight excluding hydrogens is 304 g/mol. The smallest absolute Gasteiger partial charge is 0.0764 e. The van der Waals surface area contributed by atoms with E-state index in [0.717, 1.165) is 56.9 Å². The zero-order valence-corrected chi connectivity index (χ0v) is 14.5. The Labute approximate surface area is 142 Å². The molecule has 0 bridgehead atoms. The lowest BCUT2D eigenvalue weighted by molar-refractivity contribution is -0.0450. The minimum absolute atomic E-state index is 0.0560. The van der Waals surface area contributed by atoms with Crippen LogP contribution < -0.4 is 5.32 Å². The molecular formula is C17H26N6O. The normalized spacial score (nSPS) is 23.8. The molecule has 1 unspecified atom stereocenters. The number of nitrogens with zero attached hydrogens (tertiary/aromatic N) is 5. The summed E-state index contributed by atoms with van der Waals surface area (Å²) in [5.74, 6) is 0. The first kappa shape index (κ1) is 15.7. The number of likely N-dealkylation sites (tertiary alicyclic amines) is 1. The number of hydrogen-bond acceptors (Lipinski definition) is 5. The molecule has 2 aliphatic rings. The predicted octanol–water partition coefficient (Wildman–Crippen LogP) is 1.39. The lowest BCUT2D eigenvalue weighted by atomic mass is 9.87. The van der Waals surface area contributed by atoms with E-state index >= 15 is 0 Å². The molecule has 7 nitrogen and oxygen atoms in total. The van der Waals surface area contributed by atoms with Gasteiger partial charge in [0.25, 0.3) is 0 Å². The Balaban J connectivity index is 1.29. The summed E-state index contributed by atoms with van der Waals surface area (Å²) in [5, 5.41) is 12.2. The summed E-state index contributed by atoms with van der Waals surface area (Å²) in [6, 6.07) is 2.49. The summed E-state index contributed by atoms with van der Waals surface area (Å²) in [6.07, 6.45) is 9.19. The van der Waals surface area contributed by atoms with E-state index in [1.54, 1.807) is 0 Å². The summed E-state index contributed by atoms with van der Waals surface area (Å²) in [4.78, 5) is 2.48. The van der Waals surface area contributed by atoms with Crippen molar-refractivity contribution < 1.29 is 4.74 Å². The van der Waals surface area contributed by atoms with Gasteiger partial charge in [-0.3, -0.25) is 14.3 Å². The number of nitrogens with one attached hydrogen (secondary N) is 1. The van der Waals surface area contributed by atoms with E-state index in [1.807, 2.05) is 42.0 Å². The van der Waals surface area contributed by atoms with Gasteiger partial charge in [0.2, 0.25) is 0 Å². The molecule has 2 fully saturated rings. The fourth-order valence-electron chi connectivity index (χ4n) is 3.91. The summed E-state index contributed by atoms with van der Waals surface area (Å²) < 4.78 is 9.93. The summed E-state index contributed by atoms with van der Waals surface area (Å²) >= 11 is 0. The first-order chi connectivity index (χ1) is 11.6. The molecule has 0 aliphatic carbocycles. The Morgan fingerprint density at radius 1 is 1.29 bits per heavy atom. The molecule has 0 saturated carbocycles. The van der Waals surface area contributed by atoms with Crippen molar-refractivity contribution in [2.24, 2.45) is 14.1 Å². The first-order valence-electron chi connectivity index (χ1n) is 8.70. The lowest BCUT2D eigenvalue weighted by Gasteiger charge is -2.38. The molecule has 1 spiro atoms. The van der Waals surface area contributed by atoms with Crippen LogP contribution in [0.5, 0.6) is 0 Å². The highest BCUT2D eigenvalue weighted by Crippen LogP contribution is 2.37. The average molecular weight is 330 g/mol. The molecule has 24 heavy (non-hydrogen) atoms. The minimum Gasteiger partial charge on any atom is -0.377 e. The Kier molecular flexibility index (Phi) is 4.05. The van der Waals surface area contributed by atoms with Gasteiger partial charge >= 0.3 is 0 Å². The van der Waals surface area contributed by atoms with Crippen LogP contribution in [0.2, 0.25) is 0 Å². The number of hydrogen-bond donors (Lipinski definition) is 1. The molecule has 0 amide bonds. The summed E-state index contributed by atoms with van der Waals surface area (Å²) in [7, 11) is 3.91. The van der Waals surface area contributed by atoms with Gasteiger partial charge in [-0.2, -0.15) is 10.2 Å². The second-order valence-corrected chi connectivity index (χ2v) is 7.20. The van der Waals surface area contributed by atoms with E-state index in [0.29, 0.717) is 6.04 Å². The van der Waals surface area contributed by atoms with Gasteiger partial charge in [0.05, 0.1) is 35.8 Å². The van der Waals surface area contributed by atoms with E-state index in [4.69, 9.17) is 4.74 Å². The van der Waals surface area contributed by atoms with E-state index in [9.17, 15) is 0 Å². The third-order valence-electron chi connectivity index (χ3n) is 5.21. The SMILES string of the molecule is Cn1cc(NC2COC3(CCN(Cc4ccn(C)n4)CC3)C2)cn1. The molecule has 1 atom stereocenters. The van der Waals surface area contributed by atoms with E-state index in [2.05, 4.69) is 26.5 Å². The minimum atomic E-state index is 0.0560. The largest absolute Gasteiger partial charge is 0.377 e. The van der Waals surface area contributed by atoms with Crippen molar-refractivity contribution in [1.82, 2.24) is 24.5 Å². The number of ether oxygens (including phenoxy) is 1. The maximum Gasteiger partial charge on any atom is 0.0764 e. The second kappa shape index (κ2) is 6.22. The van der Waals surface area contributed by atoms with Crippen molar-refractivity contribution in [3.05, 3.63) is 30.4 Å². The van der Waals surface area contributed by atoms with E-state index < -0.39 is 0 Å². The Bertz CT molecular complexity index is 685. The van der Waals surface area contributed by atoms with Crippen LogP contribution in [0.25, 0.3) is 0 Å². The molecule has 0 aromatic carbocycles. The molecule has 4 rings (SSSR count). The topological polar surface area (TPSA) is 60.1 Å². The number of aryl methyl sites for hydroxylation is 2. The van der Waals surface area contributed by atoms with Crippen molar-refractivity contribution in [2.45, 2.75) is 37.5 Å². The van der Waals surface area contributed by atoms with Crippen LogP contribution in [-0.4, -0.2) is 55.8 Å². The van der Waals surface area contributed by atoms with Crippen molar-refractivity contribution in [1.29, 1.82) is 0 Å². The van der Waals surface area contributed by atoms with E-state index in [-0.39, 0.29) is 5.60 Å². The highest BCUT2D eigenvalue weighted by atomic mass is 16.5. The van der Waals surface area contributed by atoms with Crippen LogP contribution in [0.4, 0.5) is 5.69 Å². The molecule has 0 radical (unpaired) electrons. The number of piperidine rings is 1. The molecule has 1 N–H and O–H groups in total. The zero-order chi connectivity index (χ0) is 16.6. The van der Waals surface area contributed by atoms with Crippen LogP contribution in [0, 0.1) is 0 Å². The van der Waals surface area contributed by atoms with Gasteiger partial charge in [-0.25, -0.2) is 0 Å². The fraction of sp³-hybridized carbons (Fsp3) is 0.647. The summed E-state index contributed by atoms with van der Waals surface area (Å²) in [6.45, 7) is 3.88. The Morgan fingerprint density at radius 2 is 2.12 bits per heavy atom. The van der Waals surface area contributed by atoms with Gasteiger partial charge in [0.1, 0.15) is 0 Å². The van der Waals surface area contributed by atoms with Gasteiger partial charge in [-0.15, -0.1) is 0 Å². The van der Waals surface area contributed by atoms with Gasteiger partial charge in [0, 0.05) is 46.1 Å². The Morgan fingerprint density at radius 3 is 2.79 bits per heavy atom. The molecule has 2 aliphatic heterocycles. The van der Waals surface area contributed by atoms with Gasteiger partial charge in [-0.05, 0) is 25.3 Å². The van der Waals surface area contributed by atoms with Crippen LogP contribution in [0.1, 0.15) is 25.0 Å². The van der Waals surface area contributed by atoms with Crippen molar-refractivity contribution in [2.75, 3.05) is 25.0 Å². The second-order valence-electron chi connectivity index (χ2n) is 7.20. The van der Waals surface area contributed by atoms with Crippen LogP contribution in [0.3, 0.4) is 0 Å². The highest BCUT2D eigenvalue weighted by Gasteiger charge is 2.42. The van der Waals surface area contributed by atoms with Gasteiger partial charge in [-0.1, -0.05) is 0 Å². The monoisotopic (exact) mass is 330 g/mol. The lowest BCUT2D eigenvalue weighted by Crippen LogP contribution is -2.44. The van der Waals surface area contributed by atoms with Gasteiger partial charge in [0.15, 0.2) is 0 Å². The molecule has 4 heterocycles. The van der Waals surface area contributed by atoms with Gasteiger partial charge < -0.3 is 10.1 Å². The van der Waals surface area contributed by atoms with Crippen LogP contribution >= 0.6 is 0 Å². The standard InChI is InChI=1S/C17H26N6O/c1-21-6-3-14(20-21)12-23-7-4-17(5-8-23)9-15(13-24-17)19-16-10-18-22(2)11-16/h3,6,10-11,15,19H,4-5,7-9,12-13H2,1-2H3. The zero-order valence-electron chi connectivity index (χ0n) is 14.5. The summed E-state index contributed by atoms with van der Waals surface area (Å²) in [5.41, 5.74) is 2.29. The van der Waals surface area contributed by atoms with Crippen molar-refractivity contribution in [3.63, 3.8) is 0 Å². The Hall–Kier alpha value is -1.86. The van der Waals surface area contributed by atoms with Crippen molar-refractivity contribution in [3.8, 4) is 0 Å². The quantitative estimate of drug-likeness (QED) is 0.918. The molecule has 7 heteroatoms. The molecule has 2 aromatic rings. The van der Waals surface area contributed by atoms with Crippen LogP contribution in [-0.2, 0) is 25.4 Å². The average Bonchev–Trinajstić information content (AvgIpc) is 3.25. The van der Waals surface area contributed by atoms with E-state index in [1.165, 1.54) is 0 Å². The fourth-order valence-corrected chi connectivity index (χ4v) is 3.91. The molecule has 130 valence electrons. The number of rotatable bonds is 4.